The lowest BCUT2D eigenvalue weighted by atomic mass is 10.0. The third-order valence-electron chi connectivity index (χ3n) is 3.74. The number of aromatic nitrogens is 1. The number of nitrogens with zero attached hydrogens (tertiary/aromatic N) is 1. The first-order chi connectivity index (χ1) is 9.69. The molecule has 20 heavy (non-hydrogen) atoms. The second kappa shape index (κ2) is 7.24. The molecule has 2 heterocycles. The summed E-state index contributed by atoms with van der Waals surface area (Å²) in [5.41, 5.74) is 0.643. The number of carbonyl (C=O) groups is 1. The molecule has 1 aliphatic heterocycles. The van der Waals surface area contributed by atoms with Crippen LogP contribution in [-0.2, 0) is 11.3 Å². The zero-order valence-electron chi connectivity index (χ0n) is 12.0. The van der Waals surface area contributed by atoms with Crippen molar-refractivity contribution in [2.75, 3.05) is 11.9 Å². The van der Waals surface area contributed by atoms with Crippen molar-refractivity contribution >= 4 is 11.6 Å². The topological polar surface area (TPSA) is 63.1 Å². The van der Waals surface area contributed by atoms with Gasteiger partial charge in [0.2, 0.25) is 5.91 Å². The van der Waals surface area contributed by atoms with E-state index >= 15 is 0 Å². The van der Waals surface area contributed by atoms with Crippen LogP contribution >= 0.6 is 0 Å². The number of aryl methyl sites for hydroxylation is 1. The number of rotatable bonds is 5. The fraction of sp³-hybridized carbons (Fsp3) is 0.600. The van der Waals surface area contributed by atoms with Gasteiger partial charge in [0, 0.05) is 31.3 Å². The van der Waals surface area contributed by atoms with Crippen molar-refractivity contribution in [2.24, 2.45) is 0 Å². The SMILES string of the molecule is CCn1cc(NC(=O)CCC2CCCCN2)ccc1=O. The largest absolute Gasteiger partial charge is 0.325 e. The van der Waals surface area contributed by atoms with Gasteiger partial charge in [-0.2, -0.15) is 0 Å². The molecule has 1 aliphatic rings. The fourth-order valence-electron chi connectivity index (χ4n) is 2.55. The van der Waals surface area contributed by atoms with Gasteiger partial charge in [0.25, 0.3) is 5.56 Å². The lowest BCUT2D eigenvalue weighted by molar-refractivity contribution is -0.116. The number of carbonyl (C=O) groups excluding carboxylic acids is 1. The third kappa shape index (κ3) is 4.20. The Kier molecular flexibility index (Phi) is 5.35. The van der Waals surface area contributed by atoms with Crippen molar-refractivity contribution in [2.45, 2.75) is 51.6 Å². The molecule has 5 heteroatoms. The molecule has 0 aliphatic carbocycles. The zero-order chi connectivity index (χ0) is 14.4. The van der Waals surface area contributed by atoms with Gasteiger partial charge in [-0.25, -0.2) is 0 Å². The molecule has 5 nitrogen and oxygen atoms in total. The minimum absolute atomic E-state index is 0.0127. The Hall–Kier alpha value is -1.62. The van der Waals surface area contributed by atoms with Gasteiger partial charge >= 0.3 is 0 Å². The van der Waals surface area contributed by atoms with Gasteiger partial charge in [0.05, 0.1) is 5.69 Å². The van der Waals surface area contributed by atoms with E-state index in [0.717, 1.165) is 19.4 Å². The second-order valence-electron chi connectivity index (χ2n) is 5.28. The van der Waals surface area contributed by atoms with Gasteiger partial charge in [0.15, 0.2) is 0 Å². The molecule has 1 atom stereocenters. The number of hydrogen-bond donors (Lipinski definition) is 2. The quantitative estimate of drug-likeness (QED) is 0.861. The lowest BCUT2D eigenvalue weighted by Crippen LogP contribution is -2.34. The summed E-state index contributed by atoms with van der Waals surface area (Å²) in [7, 11) is 0. The molecule has 1 amide bonds. The van der Waals surface area contributed by atoms with Gasteiger partial charge in [0.1, 0.15) is 0 Å². The van der Waals surface area contributed by atoms with Gasteiger partial charge in [-0.05, 0) is 38.8 Å². The number of nitrogens with one attached hydrogen (secondary N) is 2. The maximum atomic E-state index is 11.9. The molecule has 1 saturated heterocycles. The Morgan fingerprint density at radius 3 is 3.00 bits per heavy atom. The first kappa shape index (κ1) is 14.8. The molecule has 2 N–H and O–H groups in total. The molecule has 2 rings (SSSR count). The number of pyridine rings is 1. The second-order valence-corrected chi connectivity index (χ2v) is 5.28. The highest BCUT2D eigenvalue weighted by Gasteiger charge is 2.14. The summed E-state index contributed by atoms with van der Waals surface area (Å²) >= 11 is 0. The highest BCUT2D eigenvalue weighted by molar-refractivity contribution is 5.90. The van der Waals surface area contributed by atoms with Crippen LogP contribution in [0.4, 0.5) is 5.69 Å². The van der Waals surface area contributed by atoms with Crippen LogP contribution in [0.15, 0.2) is 23.1 Å². The van der Waals surface area contributed by atoms with Crippen molar-refractivity contribution in [3.8, 4) is 0 Å². The summed E-state index contributed by atoms with van der Waals surface area (Å²) in [5, 5.41) is 6.30. The predicted molar refractivity (Wildman–Crippen MR) is 79.9 cm³/mol. The lowest BCUT2D eigenvalue weighted by Gasteiger charge is -2.23. The third-order valence-corrected chi connectivity index (χ3v) is 3.74. The number of amides is 1. The normalized spacial score (nSPS) is 18.8. The zero-order valence-corrected chi connectivity index (χ0v) is 12.0. The van der Waals surface area contributed by atoms with Crippen LogP contribution in [0.25, 0.3) is 0 Å². The van der Waals surface area contributed by atoms with E-state index in [-0.39, 0.29) is 11.5 Å². The van der Waals surface area contributed by atoms with Crippen molar-refractivity contribution in [3.63, 3.8) is 0 Å². The molecular weight excluding hydrogens is 254 g/mol. The van der Waals surface area contributed by atoms with E-state index in [1.807, 2.05) is 6.92 Å². The maximum Gasteiger partial charge on any atom is 0.250 e. The Morgan fingerprint density at radius 2 is 2.30 bits per heavy atom. The van der Waals surface area contributed by atoms with E-state index in [4.69, 9.17) is 0 Å². The first-order valence-corrected chi connectivity index (χ1v) is 7.43. The predicted octanol–water partition coefficient (Wildman–Crippen LogP) is 1.73. The van der Waals surface area contributed by atoms with Gasteiger partial charge in [-0.15, -0.1) is 0 Å². The molecule has 110 valence electrons. The summed E-state index contributed by atoms with van der Waals surface area (Å²) in [6.07, 6.45) is 6.73. The van der Waals surface area contributed by atoms with Crippen LogP contribution in [0, 0.1) is 0 Å². The summed E-state index contributed by atoms with van der Waals surface area (Å²) < 4.78 is 1.58. The number of anilines is 1. The van der Waals surface area contributed by atoms with Crippen molar-refractivity contribution < 1.29 is 4.79 Å². The number of piperidine rings is 1. The van der Waals surface area contributed by atoms with Crippen LogP contribution in [0.1, 0.15) is 39.0 Å². The smallest absolute Gasteiger partial charge is 0.250 e. The van der Waals surface area contributed by atoms with E-state index < -0.39 is 0 Å². The average molecular weight is 277 g/mol. The van der Waals surface area contributed by atoms with E-state index in [2.05, 4.69) is 10.6 Å². The van der Waals surface area contributed by atoms with E-state index in [1.54, 1.807) is 16.8 Å². The van der Waals surface area contributed by atoms with Crippen LogP contribution in [0.3, 0.4) is 0 Å². The Bertz CT molecular complexity index is 504. The standard InChI is InChI=1S/C15H23N3O2/c1-2-18-11-13(7-9-15(18)20)17-14(19)8-6-12-5-3-4-10-16-12/h7,9,11-12,16H,2-6,8,10H2,1H3,(H,17,19). The van der Waals surface area contributed by atoms with E-state index in [0.29, 0.717) is 24.7 Å². The van der Waals surface area contributed by atoms with Crippen LogP contribution in [0.2, 0.25) is 0 Å². The summed E-state index contributed by atoms with van der Waals surface area (Å²) in [6, 6.07) is 3.62. The monoisotopic (exact) mass is 277 g/mol. The van der Waals surface area contributed by atoms with Gasteiger partial charge < -0.3 is 15.2 Å². The van der Waals surface area contributed by atoms with Crippen LogP contribution < -0.4 is 16.2 Å². The Labute approximate surface area is 119 Å². The molecule has 1 unspecified atom stereocenters. The highest BCUT2D eigenvalue weighted by atomic mass is 16.1. The molecule has 0 saturated carbocycles. The molecule has 1 fully saturated rings. The summed E-state index contributed by atoms with van der Waals surface area (Å²) in [5.74, 6) is 0.0127. The molecular formula is C15H23N3O2. The summed E-state index contributed by atoms with van der Waals surface area (Å²) in [6.45, 7) is 3.57. The molecule has 0 aromatic carbocycles. The minimum atomic E-state index is -0.0445. The molecule has 0 bridgehead atoms. The number of hydrogen-bond acceptors (Lipinski definition) is 3. The Balaban J connectivity index is 1.83. The van der Waals surface area contributed by atoms with E-state index in [1.165, 1.54) is 18.9 Å². The minimum Gasteiger partial charge on any atom is -0.325 e. The molecule has 1 aromatic heterocycles. The Morgan fingerprint density at radius 1 is 1.45 bits per heavy atom. The van der Waals surface area contributed by atoms with E-state index in [9.17, 15) is 9.59 Å². The first-order valence-electron chi connectivity index (χ1n) is 7.43. The highest BCUT2D eigenvalue weighted by Crippen LogP contribution is 2.12. The van der Waals surface area contributed by atoms with Crippen molar-refractivity contribution in [3.05, 3.63) is 28.7 Å². The summed E-state index contributed by atoms with van der Waals surface area (Å²) in [4.78, 5) is 23.4. The van der Waals surface area contributed by atoms with Crippen molar-refractivity contribution in [1.82, 2.24) is 9.88 Å². The molecule has 1 aromatic rings. The molecule has 0 radical (unpaired) electrons. The van der Waals surface area contributed by atoms with Crippen molar-refractivity contribution in [1.29, 1.82) is 0 Å². The van der Waals surface area contributed by atoms with Crippen LogP contribution in [-0.4, -0.2) is 23.1 Å². The molecule has 0 spiro atoms. The fourth-order valence-corrected chi connectivity index (χ4v) is 2.55. The average Bonchev–Trinajstić information content (AvgIpc) is 2.48. The maximum absolute atomic E-state index is 11.9. The van der Waals surface area contributed by atoms with Crippen LogP contribution in [0.5, 0.6) is 0 Å². The van der Waals surface area contributed by atoms with Gasteiger partial charge in [-0.1, -0.05) is 6.42 Å². The van der Waals surface area contributed by atoms with Gasteiger partial charge in [-0.3, -0.25) is 9.59 Å².